The monoisotopic (exact) mass is 206 g/mol. The number of nitrogens with one attached hydrogen (secondary N) is 1. The summed E-state index contributed by atoms with van der Waals surface area (Å²) in [5.74, 6) is 0.301. The van der Waals surface area contributed by atoms with Crippen LogP contribution in [-0.4, -0.2) is 37.1 Å². The molecule has 5 heteroatoms. The molecule has 1 saturated heterocycles. The Balaban J connectivity index is 2.19. The van der Waals surface area contributed by atoms with E-state index in [9.17, 15) is 4.79 Å². The maximum atomic E-state index is 11.0. The molecule has 1 aliphatic rings. The SMILES string of the molecule is CN(c1cccc(C(N)=O)n1)C1CNC1. The Morgan fingerprint density at radius 3 is 2.87 bits per heavy atom. The quantitative estimate of drug-likeness (QED) is 0.705. The van der Waals surface area contributed by atoms with Crippen molar-refractivity contribution in [3.8, 4) is 0 Å². The molecular weight excluding hydrogens is 192 g/mol. The average Bonchev–Trinajstić information content (AvgIpc) is 2.15. The van der Waals surface area contributed by atoms with Crippen LogP contribution in [0, 0.1) is 0 Å². The molecule has 0 unspecified atom stereocenters. The van der Waals surface area contributed by atoms with E-state index in [4.69, 9.17) is 5.73 Å². The highest BCUT2D eigenvalue weighted by atomic mass is 16.1. The van der Waals surface area contributed by atoms with Gasteiger partial charge in [0.25, 0.3) is 5.91 Å². The van der Waals surface area contributed by atoms with Gasteiger partial charge in [0.1, 0.15) is 11.5 Å². The minimum absolute atomic E-state index is 0.312. The maximum absolute atomic E-state index is 11.0. The number of amides is 1. The Labute approximate surface area is 88.3 Å². The molecule has 0 aromatic carbocycles. The number of hydrogen-bond acceptors (Lipinski definition) is 4. The molecule has 15 heavy (non-hydrogen) atoms. The normalized spacial score (nSPS) is 15.8. The van der Waals surface area contributed by atoms with Crippen molar-refractivity contribution in [2.45, 2.75) is 6.04 Å². The molecule has 2 heterocycles. The summed E-state index contributed by atoms with van der Waals surface area (Å²) in [6.45, 7) is 1.91. The van der Waals surface area contributed by atoms with Gasteiger partial charge in [-0.1, -0.05) is 6.07 Å². The molecule has 5 nitrogen and oxygen atoms in total. The summed E-state index contributed by atoms with van der Waals surface area (Å²) in [7, 11) is 1.97. The molecule has 3 N–H and O–H groups in total. The van der Waals surface area contributed by atoms with Gasteiger partial charge >= 0.3 is 0 Å². The molecule has 2 rings (SSSR count). The lowest BCUT2D eigenvalue weighted by Crippen LogP contribution is -2.56. The standard InChI is InChI=1S/C10H14N4O/c1-14(7-5-12-6-7)9-4-2-3-8(13-9)10(11)15/h2-4,7,12H,5-6H2,1H3,(H2,11,15). The van der Waals surface area contributed by atoms with Crippen LogP contribution < -0.4 is 16.0 Å². The highest BCUT2D eigenvalue weighted by Gasteiger charge is 2.22. The van der Waals surface area contributed by atoms with Gasteiger partial charge in [-0.05, 0) is 12.1 Å². The number of carbonyl (C=O) groups excluding carboxylic acids is 1. The van der Waals surface area contributed by atoms with E-state index in [0.717, 1.165) is 18.9 Å². The molecule has 0 radical (unpaired) electrons. The third-order valence-corrected chi connectivity index (χ3v) is 2.66. The Hall–Kier alpha value is -1.62. The number of primary amides is 1. The van der Waals surface area contributed by atoms with Crippen LogP contribution in [0.2, 0.25) is 0 Å². The zero-order valence-electron chi connectivity index (χ0n) is 8.60. The number of anilines is 1. The zero-order valence-corrected chi connectivity index (χ0v) is 8.60. The summed E-state index contributed by atoms with van der Waals surface area (Å²) >= 11 is 0. The lowest BCUT2D eigenvalue weighted by atomic mass is 10.1. The van der Waals surface area contributed by atoms with E-state index in [1.807, 2.05) is 13.1 Å². The number of rotatable bonds is 3. The second-order valence-electron chi connectivity index (χ2n) is 3.67. The molecule has 1 aromatic heterocycles. The van der Waals surface area contributed by atoms with E-state index in [1.54, 1.807) is 12.1 Å². The van der Waals surface area contributed by atoms with Crippen molar-refractivity contribution >= 4 is 11.7 Å². The number of nitrogens with two attached hydrogens (primary N) is 1. The predicted octanol–water partition coefficient (Wildman–Crippen LogP) is -0.411. The van der Waals surface area contributed by atoms with Gasteiger partial charge in [0.05, 0.1) is 6.04 Å². The fourth-order valence-corrected chi connectivity index (χ4v) is 1.49. The highest BCUT2D eigenvalue weighted by molar-refractivity contribution is 5.91. The Kier molecular flexibility index (Phi) is 2.55. The summed E-state index contributed by atoms with van der Waals surface area (Å²) in [6, 6.07) is 5.76. The van der Waals surface area contributed by atoms with E-state index < -0.39 is 5.91 Å². The van der Waals surface area contributed by atoms with Crippen LogP contribution in [0.15, 0.2) is 18.2 Å². The van der Waals surface area contributed by atoms with Gasteiger partial charge in [-0.3, -0.25) is 4.79 Å². The zero-order chi connectivity index (χ0) is 10.8. The third kappa shape index (κ3) is 1.92. The smallest absolute Gasteiger partial charge is 0.267 e. The van der Waals surface area contributed by atoms with Crippen molar-refractivity contribution in [3.05, 3.63) is 23.9 Å². The van der Waals surface area contributed by atoms with Crippen molar-refractivity contribution in [1.82, 2.24) is 10.3 Å². The molecule has 1 amide bonds. The summed E-state index contributed by atoms with van der Waals surface area (Å²) < 4.78 is 0. The van der Waals surface area contributed by atoms with Crippen molar-refractivity contribution in [2.24, 2.45) is 5.73 Å². The van der Waals surface area contributed by atoms with Crippen molar-refractivity contribution in [1.29, 1.82) is 0 Å². The van der Waals surface area contributed by atoms with Gasteiger partial charge < -0.3 is 16.0 Å². The van der Waals surface area contributed by atoms with Crippen molar-refractivity contribution < 1.29 is 4.79 Å². The molecule has 1 aromatic rings. The molecule has 0 atom stereocenters. The van der Waals surface area contributed by atoms with Crippen LogP contribution in [0.1, 0.15) is 10.5 Å². The summed E-state index contributed by atoms with van der Waals surface area (Å²) in [5, 5.41) is 3.19. The lowest BCUT2D eigenvalue weighted by Gasteiger charge is -2.36. The van der Waals surface area contributed by atoms with E-state index in [2.05, 4.69) is 15.2 Å². The van der Waals surface area contributed by atoms with Gasteiger partial charge in [0.15, 0.2) is 0 Å². The molecule has 0 spiro atoms. The number of likely N-dealkylation sites (N-methyl/N-ethyl adjacent to an activating group) is 1. The van der Waals surface area contributed by atoms with Gasteiger partial charge in [-0.2, -0.15) is 0 Å². The van der Waals surface area contributed by atoms with Gasteiger partial charge in [0.2, 0.25) is 0 Å². The van der Waals surface area contributed by atoms with Gasteiger partial charge in [-0.15, -0.1) is 0 Å². The Morgan fingerprint density at radius 2 is 2.33 bits per heavy atom. The molecule has 0 aliphatic carbocycles. The van der Waals surface area contributed by atoms with Crippen LogP contribution in [0.3, 0.4) is 0 Å². The number of hydrogen-bond donors (Lipinski definition) is 2. The van der Waals surface area contributed by atoms with Crippen molar-refractivity contribution in [3.63, 3.8) is 0 Å². The number of aromatic nitrogens is 1. The molecule has 1 fully saturated rings. The Morgan fingerprint density at radius 1 is 1.60 bits per heavy atom. The Bertz CT molecular complexity index is 375. The molecule has 0 bridgehead atoms. The fraction of sp³-hybridized carbons (Fsp3) is 0.400. The third-order valence-electron chi connectivity index (χ3n) is 2.66. The lowest BCUT2D eigenvalue weighted by molar-refractivity contribution is 0.0995. The first-order valence-corrected chi connectivity index (χ1v) is 4.89. The van der Waals surface area contributed by atoms with Crippen LogP contribution in [-0.2, 0) is 0 Å². The average molecular weight is 206 g/mol. The van der Waals surface area contributed by atoms with Crippen LogP contribution in [0.25, 0.3) is 0 Å². The summed E-state index contributed by atoms with van der Waals surface area (Å²) in [6.07, 6.45) is 0. The van der Waals surface area contributed by atoms with Crippen molar-refractivity contribution in [2.75, 3.05) is 25.0 Å². The van der Waals surface area contributed by atoms with Crippen LogP contribution in [0.4, 0.5) is 5.82 Å². The minimum Gasteiger partial charge on any atom is -0.364 e. The second-order valence-corrected chi connectivity index (χ2v) is 3.67. The largest absolute Gasteiger partial charge is 0.364 e. The molecular formula is C10H14N4O. The predicted molar refractivity (Wildman–Crippen MR) is 57.8 cm³/mol. The summed E-state index contributed by atoms with van der Waals surface area (Å²) in [4.78, 5) is 17.2. The maximum Gasteiger partial charge on any atom is 0.267 e. The van der Waals surface area contributed by atoms with E-state index >= 15 is 0 Å². The number of pyridine rings is 1. The van der Waals surface area contributed by atoms with E-state index in [-0.39, 0.29) is 0 Å². The highest BCUT2D eigenvalue weighted by Crippen LogP contribution is 2.14. The molecule has 80 valence electrons. The van der Waals surface area contributed by atoms with Gasteiger partial charge in [0, 0.05) is 20.1 Å². The summed E-state index contributed by atoms with van der Waals surface area (Å²) in [5.41, 5.74) is 5.48. The fourth-order valence-electron chi connectivity index (χ4n) is 1.49. The van der Waals surface area contributed by atoms with E-state index in [0.29, 0.717) is 11.7 Å². The topological polar surface area (TPSA) is 71.2 Å². The molecule has 0 saturated carbocycles. The second kappa shape index (κ2) is 3.86. The molecule has 1 aliphatic heterocycles. The van der Waals surface area contributed by atoms with Crippen LogP contribution >= 0.6 is 0 Å². The minimum atomic E-state index is -0.489. The first-order valence-electron chi connectivity index (χ1n) is 4.89. The van der Waals surface area contributed by atoms with E-state index in [1.165, 1.54) is 0 Å². The number of carbonyl (C=O) groups is 1. The van der Waals surface area contributed by atoms with Gasteiger partial charge in [-0.25, -0.2) is 4.98 Å². The first-order chi connectivity index (χ1) is 7.18. The van der Waals surface area contributed by atoms with Crippen LogP contribution in [0.5, 0.6) is 0 Å². The first kappa shape index (κ1) is 9.92. The number of nitrogens with zero attached hydrogens (tertiary/aromatic N) is 2.